The van der Waals surface area contributed by atoms with E-state index in [2.05, 4.69) is 12.5 Å². The standard InChI is InChI=1S/C20H40O4S2.C5H16O2S2.C2H6/c1-25(2,13-4-5-16-6-9-18(21)10-7-16)24-26(3,22)14-12-17-8-11-19-20(15-17)23-19;1-8(2,3)7-9(4,5)6;1-2/h16-22H,4-15H2,1-3H3;6H,1-5H3;1-2H3. The predicted octanol–water partition coefficient (Wildman–Crippen LogP) is 8.18. The van der Waals surface area contributed by atoms with Crippen molar-refractivity contribution in [2.75, 3.05) is 61.6 Å². The monoisotopic (exact) mass is 610 g/mol. The van der Waals surface area contributed by atoms with Crippen LogP contribution in [0.3, 0.4) is 0 Å². The number of rotatable bonds is 11. The highest BCUT2D eigenvalue weighted by molar-refractivity contribution is 8.39. The Morgan fingerprint density at radius 1 is 0.703 bits per heavy atom. The summed E-state index contributed by atoms with van der Waals surface area (Å²) in [6, 6.07) is 0. The van der Waals surface area contributed by atoms with E-state index < -0.39 is 41.8 Å². The molecule has 1 saturated heterocycles. The van der Waals surface area contributed by atoms with Gasteiger partial charge in [0, 0.05) is 30.3 Å². The Bertz CT molecular complexity index is 615. The fourth-order valence-electron chi connectivity index (χ4n) is 5.25. The zero-order valence-corrected chi connectivity index (χ0v) is 28.8. The Morgan fingerprint density at radius 3 is 1.76 bits per heavy atom. The van der Waals surface area contributed by atoms with Gasteiger partial charge in [0.05, 0.1) is 18.3 Å². The number of fused-ring (bicyclic) bond motifs is 1. The number of epoxide rings is 1. The van der Waals surface area contributed by atoms with Gasteiger partial charge >= 0.3 is 0 Å². The van der Waals surface area contributed by atoms with E-state index in [1.165, 1.54) is 44.9 Å². The smallest absolute Gasteiger partial charge is 0.0844 e. The maximum Gasteiger partial charge on any atom is 0.0844 e. The molecule has 0 aromatic rings. The molecule has 3 fully saturated rings. The Balaban J connectivity index is 0.000000529. The third-order valence-electron chi connectivity index (χ3n) is 6.78. The second kappa shape index (κ2) is 16.0. The molecular weight excluding hydrogens is 549 g/mol. The first-order chi connectivity index (χ1) is 16.9. The van der Waals surface area contributed by atoms with Crippen LogP contribution in [-0.2, 0) is 12.0 Å². The molecule has 3 rings (SSSR count). The highest BCUT2D eigenvalue weighted by Gasteiger charge is 2.43. The molecule has 0 amide bonds. The minimum absolute atomic E-state index is 0.0585. The Labute approximate surface area is 236 Å². The van der Waals surface area contributed by atoms with Gasteiger partial charge in [-0.3, -0.25) is 9.11 Å². The number of hydrogen-bond acceptors (Lipinski definition) is 6. The molecule has 230 valence electrons. The maximum absolute atomic E-state index is 10.9. The van der Waals surface area contributed by atoms with Gasteiger partial charge in [0.1, 0.15) is 0 Å². The van der Waals surface area contributed by atoms with E-state index in [0.29, 0.717) is 18.1 Å². The third-order valence-corrected chi connectivity index (χ3v) is 14.7. The quantitative estimate of drug-likeness (QED) is 0.204. The maximum atomic E-state index is 10.9. The molecule has 4 atom stereocenters. The van der Waals surface area contributed by atoms with Crippen molar-refractivity contribution < 1.29 is 26.2 Å². The van der Waals surface area contributed by atoms with Crippen LogP contribution in [0.1, 0.15) is 78.1 Å². The summed E-state index contributed by atoms with van der Waals surface area (Å²) in [5.74, 6) is 3.38. The molecule has 4 unspecified atom stereocenters. The molecule has 0 aromatic carbocycles. The molecule has 1 aliphatic heterocycles. The second-order valence-electron chi connectivity index (χ2n) is 12.3. The van der Waals surface area contributed by atoms with E-state index in [0.717, 1.165) is 36.7 Å². The number of aliphatic hydroxyl groups excluding tert-OH is 1. The van der Waals surface area contributed by atoms with Crippen LogP contribution >= 0.6 is 41.8 Å². The first-order valence-electron chi connectivity index (χ1n) is 14.0. The predicted molar refractivity (Wildman–Crippen MR) is 174 cm³/mol. The summed E-state index contributed by atoms with van der Waals surface area (Å²) in [6.07, 6.45) is 28.3. The van der Waals surface area contributed by atoms with Crippen molar-refractivity contribution in [3.8, 4) is 0 Å². The molecule has 3 N–H and O–H groups in total. The lowest BCUT2D eigenvalue weighted by atomic mass is 9.85. The van der Waals surface area contributed by atoms with E-state index >= 15 is 0 Å². The lowest BCUT2D eigenvalue weighted by molar-refractivity contribution is 0.106. The second-order valence-corrected chi connectivity index (χ2v) is 24.9. The number of ether oxygens (including phenoxy) is 1. The van der Waals surface area contributed by atoms with Crippen molar-refractivity contribution in [1.82, 2.24) is 0 Å². The minimum Gasteiger partial charge on any atom is -0.393 e. The molecule has 1 heterocycles. The van der Waals surface area contributed by atoms with Crippen LogP contribution in [0.5, 0.6) is 0 Å². The van der Waals surface area contributed by atoms with Gasteiger partial charge < -0.3 is 9.84 Å². The number of hydrogen-bond donors (Lipinski definition) is 3. The van der Waals surface area contributed by atoms with Crippen LogP contribution in [0.25, 0.3) is 0 Å². The molecule has 3 aliphatic rings. The summed E-state index contributed by atoms with van der Waals surface area (Å²) in [5.41, 5.74) is 0. The summed E-state index contributed by atoms with van der Waals surface area (Å²) >= 11 is 0. The summed E-state index contributed by atoms with van der Waals surface area (Å²) in [7, 11) is -5.87. The van der Waals surface area contributed by atoms with Crippen molar-refractivity contribution in [2.45, 2.75) is 96.4 Å². The average molecular weight is 611 g/mol. The molecule has 10 heteroatoms. The van der Waals surface area contributed by atoms with Crippen molar-refractivity contribution in [2.24, 2.45) is 11.8 Å². The van der Waals surface area contributed by atoms with Crippen LogP contribution < -0.4 is 0 Å². The highest BCUT2D eigenvalue weighted by atomic mass is 32.3. The summed E-state index contributed by atoms with van der Waals surface area (Å²) in [5, 5.41) is 9.62. The zero-order valence-electron chi connectivity index (χ0n) is 25.6. The van der Waals surface area contributed by atoms with Gasteiger partial charge in [-0.1, -0.05) is 13.8 Å². The lowest BCUT2D eigenvalue weighted by Crippen LogP contribution is -2.19. The molecule has 0 radical (unpaired) electrons. The summed E-state index contributed by atoms with van der Waals surface area (Å²) in [6.45, 7) is 4.00. The normalized spacial score (nSPS) is 31.8. The Morgan fingerprint density at radius 2 is 1.27 bits per heavy atom. The van der Waals surface area contributed by atoms with E-state index in [-0.39, 0.29) is 6.10 Å². The molecule has 0 bridgehead atoms. The topological polar surface area (TPSA) is 91.7 Å². The summed E-state index contributed by atoms with van der Waals surface area (Å²) in [4.78, 5) is 0. The van der Waals surface area contributed by atoms with Crippen LogP contribution in [0.15, 0.2) is 0 Å². The van der Waals surface area contributed by atoms with Crippen molar-refractivity contribution >= 4 is 41.8 Å². The lowest BCUT2D eigenvalue weighted by Gasteiger charge is -2.44. The van der Waals surface area contributed by atoms with Crippen LogP contribution in [0.4, 0.5) is 0 Å². The van der Waals surface area contributed by atoms with E-state index in [4.69, 9.17) is 12.0 Å². The van der Waals surface area contributed by atoms with Gasteiger partial charge in [-0.25, -0.2) is 7.26 Å². The Kier molecular flexibility index (Phi) is 15.6. The molecule has 37 heavy (non-hydrogen) atoms. The van der Waals surface area contributed by atoms with Gasteiger partial charge in [0.15, 0.2) is 0 Å². The number of aliphatic hydroxyl groups is 1. The van der Waals surface area contributed by atoms with Gasteiger partial charge in [-0.05, 0) is 107 Å². The van der Waals surface area contributed by atoms with Crippen molar-refractivity contribution in [3.05, 3.63) is 0 Å². The molecular formula is C27H62O6S4. The SMILES string of the molecule is CC.CS(C)(C)OS(C)(C)O.CS(C)(CCCC1CCC(O)CC1)OS(C)(O)CCC1CCC2OC2C1. The molecule has 2 saturated carbocycles. The third kappa shape index (κ3) is 17.6. The first kappa shape index (κ1) is 36.2. The van der Waals surface area contributed by atoms with Crippen molar-refractivity contribution in [3.63, 3.8) is 0 Å². The summed E-state index contributed by atoms with van der Waals surface area (Å²) < 4.78 is 37.4. The Hall–Kier alpha value is 1.16. The van der Waals surface area contributed by atoms with E-state index in [1.54, 1.807) is 12.5 Å². The van der Waals surface area contributed by atoms with Gasteiger partial charge in [0.25, 0.3) is 0 Å². The zero-order chi connectivity index (χ0) is 28.5. The van der Waals surface area contributed by atoms with Crippen LogP contribution in [0, 0.1) is 11.8 Å². The van der Waals surface area contributed by atoms with Gasteiger partial charge in [-0.2, -0.15) is 21.2 Å². The highest BCUT2D eigenvalue weighted by Crippen LogP contribution is 2.58. The van der Waals surface area contributed by atoms with Crippen LogP contribution in [0.2, 0.25) is 0 Å². The van der Waals surface area contributed by atoms with Crippen LogP contribution in [-0.4, -0.2) is 94.1 Å². The van der Waals surface area contributed by atoms with Gasteiger partial charge in [0.2, 0.25) is 0 Å². The molecule has 2 aliphatic carbocycles. The molecule has 0 aromatic heterocycles. The fourth-order valence-corrected chi connectivity index (χ4v) is 14.6. The fraction of sp³-hybridized carbons (Fsp3) is 1.00. The van der Waals surface area contributed by atoms with E-state index in [1.807, 2.05) is 38.9 Å². The molecule has 0 spiro atoms. The molecule has 6 nitrogen and oxygen atoms in total. The van der Waals surface area contributed by atoms with E-state index in [9.17, 15) is 14.2 Å². The van der Waals surface area contributed by atoms with Gasteiger partial charge in [-0.15, -0.1) is 20.6 Å². The first-order valence-corrected chi connectivity index (χ1v) is 23.8. The van der Waals surface area contributed by atoms with Crippen molar-refractivity contribution in [1.29, 1.82) is 0 Å². The largest absolute Gasteiger partial charge is 0.393 e. The average Bonchev–Trinajstić information content (AvgIpc) is 3.51. The minimum atomic E-state index is -1.94.